The summed E-state index contributed by atoms with van der Waals surface area (Å²) in [5.41, 5.74) is 1.13. The number of hydrogen-bond acceptors (Lipinski definition) is 4. The summed E-state index contributed by atoms with van der Waals surface area (Å²) >= 11 is 3.53. The molecule has 0 spiro atoms. The topological polar surface area (TPSA) is 33.7 Å². The van der Waals surface area contributed by atoms with Gasteiger partial charge in [0.25, 0.3) is 0 Å². The van der Waals surface area contributed by atoms with E-state index in [-0.39, 0.29) is 12.4 Å². The number of nitrogens with one attached hydrogen (secondary N) is 1. The van der Waals surface area contributed by atoms with Crippen molar-refractivity contribution in [3.05, 3.63) is 16.6 Å². The number of nitrogens with zero attached hydrogens (tertiary/aromatic N) is 1. The minimum atomic E-state index is 0. The van der Waals surface area contributed by atoms with E-state index in [1.54, 1.807) is 0 Å². The van der Waals surface area contributed by atoms with Gasteiger partial charge in [-0.15, -0.1) is 12.4 Å². The molecule has 1 aromatic carbocycles. The van der Waals surface area contributed by atoms with E-state index >= 15 is 0 Å². The number of piperazine rings is 1. The highest BCUT2D eigenvalue weighted by molar-refractivity contribution is 9.10. The van der Waals surface area contributed by atoms with Crippen LogP contribution in [0.15, 0.2) is 16.6 Å². The average Bonchev–Trinajstić information content (AvgIpc) is 2.39. The van der Waals surface area contributed by atoms with Crippen molar-refractivity contribution >= 4 is 34.0 Å². The lowest BCUT2D eigenvalue weighted by Gasteiger charge is -2.32. The third-order valence-corrected chi connectivity index (χ3v) is 3.50. The van der Waals surface area contributed by atoms with Crippen LogP contribution in [0.2, 0.25) is 0 Å². The molecule has 2 aliphatic heterocycles. The number of anilines is 1. The number of fused-ring (bicyclic) bond motifs is 1. The molecule has 4 nitrogen and oxygen atoms in total. The number of halogens is 2. The van der Waals surface area contributed by atoms with Crippen molar-refractivity contribution < 1.29 is 9.47 Å². The molecule has 1 fully saturated rings. The lowest BCUT2D eigenvalue weighted by Crippen LogP contribution is -2.43. The molecule has 100 valence electrons. The first-order valence-corrected chi connectivity index (χ1v) is 6.69. The molecule has 0 aromatic heterocycles. The van der Waals surface area contributed by atoms with E-state index in [9.17, 15) is 0 Å². The first kappa shape index (κ1) is 13.8. The number of hydrogen-bond donors (Lipinski definition) is 1. The van der Waals surface area contributed by atoms with E-state index < -0.39 is 0 Å². The van der Waals surface area contributed by atoms with Crippen LogP contribution in [-0.2, 0) is 0 Å². The summed E-state index contributed by atoms with van der Waals surface area (Å²) in [4.78, 5) is 2.34. The fraction of sp³-hybridized carbons (Fsp3) is 0.500. The van der Waals surface area contributed by atoms with Crippen molar-refractivity contribution in [1.82, 2.24) is 5.32 Å². The Morgan fingerprint density at radius 2 is 1.83 bits per heavy atom. The maximum atomic E-state index is 5.75. The largest absolute Gasteiger partial charge is 0.486 e. The predicted molar refractivity (Wildman–Crippen MR) is 77.5 cm³/mol. The van der Waals surface area contributed by atoms with Crippen LogP contribution in [0.5, 0.6) is 11.5 Å². The van der Waals surface area contributed by atoms with Crippen molar-refractivity contribution in [2.45, 2.75) is 0 Å². The quantitative estimate of drug-likeness (QED) is 0.852. The molecule has 0 saturated carbocycles. The number of ether oxygens (including phenoxy) is 2. The van der Waals surface area contributed by atoms with E-state index in [4.69, 9.17) is 9.47 Å². The third kappa shape index (κ3) is 2.68. The van der Waals surface area contributed by atoms with Gasteiger partial charge in [0.2, 0.25) is 0 Å². The molecule has 0 radical (unpaired) electrons. The lowest BCUT2D eigenvalue weighted by molar-refractivity contribution is 0.172. The van der Waals surface area contributed by atoms with Crippen LogP contribution in [-0.4, -0.2) is 39.4 Å². The highest BCUT2D eigenvalue weighted by Gasteiger charge is 2.22. The molecule has 2 heterocycles. The van der Waals surface area contributed by atoms with E-state index in [0.29, 0.717) is 13.2 Å². The molecule has 2 aliphatic rings. The zero-order valence-electron chi connectivity index (χ0n) is 9.95. The fourth-order valence-corrected chi connectivity index (χ4v) is 2.67. The first-order valence-electron chi connectivity index (χ1n) is 5.89. The van der Waals surface area contributed by atoms with Crippen molar-refractivity contribution in [2.24, 2.45) is 0 Å². The van der Waals surface area contributed by atoms with Crippen LogP contribution < -0.4 is 19.7 Å². The molecule has 0 bridgehead atoms. The smallest absolute Gasteiger partial charge is 0.184 e. The van der Waals surface area contributed by atoms with Gasteiger partial charge in [0.05, 0.1) is 5.69 Å². The van der Waals surface area contributed by atoms with Gasteiger partial charge in [-0.2, -0.15) is 0 Å². The van der Waals surface area contributed by atoms with Crippen LogP contribution in [0.1, 0.15) is 0 Å². The molecule has 0 amide bonds. The number of rotatable bonds is 1. The predicted octanol–water partition coefficient (Wildman–Crippen LogP) is 2.05. The van der Waals surface area contributed by atoms with E-state index in [0.717, 1.165) is 47.8 Å². The Balaban J connectivity index is 0.00000120. The van der Waals surface area contributed by atoms with Crippen molar-refractivity contribution in [1.29, 1.82) is 0 Å². The minimum Gasteiger partial charge on any atom is -0.486 e. The SMILES string of the molecule is Brc1cc2c(c(N3CCNCC3)c1)OCCO2.Cl. The van der Waals surface area contributed by atoms with Crippen LogP contribution >= 0.6 is 28.3 Å². The standard InChI is InChI=1S/C12H15BrN2O2.ClH/c13-9-7-10(15-3-1-14-2-4-15)12-11(8-9)16-5-6-17-12;/h7-8,14H,1-6H2;1H. The molecule has 1 saturated heterocycles. The number of benzene rings is 1. The van der Waals surface area contributed by atoms with Crippen LogP contribution in [0.4, 0.5) is 5.69 Å². The first-order chi connectivity index (χ1) is 8.34. The molecule has 0 aliphatic carbocycles. The second-order valence-electron chi connectivity index (χ2n) is 4.19. The normalized spacial score (nSPS) is 18.2. The Morgan fingerprint density at radius 1 is 1.11 bits per heavy atom. The highest BCUT2D eigenvalue weighted by atomic mass is 79.9. The van der Waals surface area contributed by atoms with E-state index in [1.807, 2.05) is 6.07 Å². The van der Waals surface area contributed by atoms with Crippen LogP contribution in [0.3, 0.4) is 0 Å². The summed E-state index contributed by atoms with van der Waals surface area (Å²) < 4.78 is 12.4. The van der Waals surface area contributed by atoms with E-state index in [1.165, 1.54) is 0 Å². The van der Waals surface area contributed by atoms with Gasteiger partial charge >= 0.3 is 0 Å². The minimum absolute atomic E-state index is 0. The monoisotopic (exact) mass is 334 g/mol. The van der Waals surface area contributed by atoms with Gasteiger partial charge < -0.3 is 19.7 Å². The molecule has 1 N–H and O–H groups in total. The molecule has 1 aromatic rings. The molecule has 0 unspecified atom stereocenters. The Labute approximate surface area is 121 Å². The zero-order valence-corrected chi connectivity index (χ0v) is 12.3. The maximum Gasteiger partial charge on any atom is 0.184 e. The fourth-order valence-electron chi connectivity index (χ4n) is 2.24. The van der Waals surface area contributed by atoms with Gasteiger partial charge in [-0.3, -0.25) is 0 Å². The van der Waals surface area contributed by atoms with Gasteiger partial charge in [0.1, 0.15) is 13.2 Å². The molecule has 18 heavy (non-hydrogen) atoms. The summed E-state index contributed by atoms with van der Waals surface area (Å²) in [6.45, 7) is 5.31. The summed E-state index contributed by atoms with van der Waals surface area (Å²) in [5.74, 6) is 1.74. The Morgan fingerprint density at radius 3 is 2.61 bits per heavy atom. The van der Waals surface area contributed by atoms with Crippen molar-refractivity contribution in [3.63, 3.8) is 0 Å². The lowest BCUT2D eigenvalue weighted by atomic mass is 10.2. The van der Waals surface area contributed by atoms with Gasteiger partial charge in [0, 0.05) is 30.7 Å². The van der Waals surface area contributed by atoms with E-state index in [2.05, 4.69) is 32.2 Å². The maximum absolute atomic E-state index is 5.75. The summed E-state index contributed by atoms with van der Waals surface area (Å²) in [6.07, 6.45) is 0. The van der Waals surface area contributed by atoms with Gasteiger partial charge in [-0.05, 0) is 12.1 Å². The van der Waals surface area contributed by atoms with Gasteiger partial charge in [-0.25, -0.2) is 0 Å². The zero-order chi connectivity index (χ0) is 11.7. The third-order valence-electron chi connectivity index (χ3n) is 3.05. The Kier molecular flexibility index (Phi) is 4.59. The summed E-state index contributed by atoms with van der Waals surface area (Å²) in [7, 11) is 0. The average molecular weight is 336 g/mol. The molecule has 6 heteroatoms. The van der Waals surface area contributed by atoms with Gasteiger partial charge in [0.15, 0.2) is 11.5 Å². The Hall–Kier alpha value is -0.650. The second kappa shape index (κ2) is 5.99. The molecular formula is C12H16BrClN2O2. The summed E-state index contributed by atoms with van der Waals surface area (Å²) in [6, 6.07) is 4.08. The van der Waals surface area contributed by atoms with Crippen LogP contribution in [0, 0.1) is 0 Å². The van der Waals surface area contributed by atoms with Crippen molar-refractivity contribution in [3.8, 4) is 11.5 Å². The van der Waals surface area contributed by atoms with Crippen LogP contribution in [0.25, 0.3) is 0 Å². The molecular weight excluding hydrogens is 320 g/mol. The second-order valence-corrected chi connectivity index (χ2v) is 5.10. The Bertz CT molecular complexity index is 425. The highest BCUT2D eigenvalue weighted by Crippen LogP contribution is 2.42. The van der Waals surface area contributed by atoms with Gasteiger partial charge in [-0.1, -0.05) is 15.9 Å². The summed E-state index contributed by atoms with van der Waals surface area (Å²) in [5, 5.41) is 3.35. The van der Waals surface area contributed by atoms with Crippen molar-refractivity contribution in [2.75, 3.05) is 44.3 Å². The molecule has 0 atom stereocenters. The molecule has 3 rings (SSSR count).